The molecule has 0 aliphatic rings. The zero-order valence-electron chi connectivity index (χ0n) is 18.5. The molecule has 4 aromatic rings. The molecule has 0 fully saturated rings. The fraction of sp³-hybridized carbons (Fsp3) is 0.231. The number of aryl methyl sites for hydroxylation is 3. The SMILES string of the molecule is CCOc1ccccc1NC(=O)Nc1cccc(CCc2nc3ccccc3n2CC)c1. The lowest BCUT2D eigenvalue weighted by Gasteiger charge is -2.12. The number of nitrogens with zero attached hydrogens (tertiary/aromatic N) is 2. The molecular formula is C26H28N4O2. The van der Waals surface area contributed by atoms with Crippen LogP contribution in [0.2, 0.25) is 0 Å². The first-order valence-electron chi connectivity index (χ1n) is 11.0. The fourth-order valence-corrected chi connectivity index (χ4v) is 3.87. The number of aromatic nitrogens is 2. The van der Waals surface area contributed by atoms with Gasteiger partial charge in [-0.1, -0.05) is 36.4 Å². The lowest BCUT2D eigenvalue weighted by atomic mass is 10.1. The van der Waals surface area contributed by atoms with Crippen molar-refractivity contribution >= 4 is 28.4 Å². The first kappa shape index (κ1) is 21.4. The van der Waals surface area contributed by atoms with Gasteiger partial charge in [-0.2, -0.15) is 0 Å². The molecule has 1 aromatic heterocycles. The number of para-hydroxylation sites is 4. The van der Waals surface area contributed by atoms with E-state index in [0.717, 1.165) is 42.0 Å². The number of imidazole rings is 1. The summed E-state index contributed by atoms with van der Waals surface area (Å²) in [4.78, 5) is 17.3. The van der Waals surface area contributed by atoms with Crippen molar-refractivity contribution in [2.75, 3.05) is 17.2 Å². The third-order valence-electron chi connectivity index (χ3n) is 5.31. The highest BCUT2D eigenvalue weighted by molar-refractivity contribution is 6.00. The Morgan fingerprint density at radius 2 is 1.75 bits per heavy atom. The molecule has 6 heteroatoms. The van der Waals surface area contributed by atoms with Crippen LogP contribution in [-0.4, -0.2) is 22.2 Å². The van der Waals surface area contributed by atoms with Crippen LogP contribution in [0.15, 0.2) is 72.8 Å². The third-order valence-corrected chi connectivity index (χ3v) is 5.31. The number of hydrogen-bond acceptors (Lipinski definition) is 3. The van der Waals surface area contributed by atoms with E-state index < -0.39 is 0 Å². The summed E-state index contributed by atoms with van der Waals surface area (Å²) in [5, 5.41) is 5.78. The number of anilines is 2. The van der Waals surface area contributed by atoms with Gasteiger partial charge in [0.25, 0.3) is 0 Å². The molecule has 0 aliphatic carbocycles. The highest BCUT2D eigenvalue weighted by atomic mass is 16.5. The van der Waals surface area contributed by atoms with Gasteiger partial charge in [0, 0.05) is 18.7 Å². The number of hydrogen-bond donors (Lipinski definition) is 2. The topological polar surface area (TPSA) is 68.2 Å². The Kier molecular flexibility index (Phi) is 6.70. The summed E-state index contributed by atoms with van der Waals surface area (Å²) in [6, 6.07) is 23.3. The van der Waals surface area contributed by atoms with E-state index in [1.54, 1.807) is 0 Å². The van der Waals surface area contributed by atoms with Gasteiger partial charge < -0.3 is 19.9 Å². The molecule has 0 bridgehead atoms. The average Bonchev–Trinajstić information content (AvgIpc) is 3.17. The molecule has 0 radical (unpaired) electrons. The second-order valence-corrected chi connectivity index (χ2v) is 7.47. The molecule has 164 valence electrons. The summed E-state index contributed by atoms with van der Waals surface area (Å²) in [5.74, 6) is 1.73. The predicted molar refractivity (Wildman–Crippen MR) is 130 cm³/mol. The largest absolute Gasteiger partial charge is 0.492 e. The van der Waals surface area contributed by atoms with E-state index in [0.29, 0.717) is 18.0 Å². The van der Waals surface area contributed by atoms with Crippen LogP contribution in [0, 0.1) is 0 Å². The molecule has 0 spiro atoms. The standard InChI is InChI=1S/C26H28N4O2/c1-3-30-23-14-7-5-12-21(23)28-25(30)17-16-19-10-9-11-20(18-19)27-26(31)29-22-13-6-8-15-24(22)32-4-2/h5-15,18H,3-4,16-17H2,1-2H3,(H2,27,29,31). The third kappa shape index (κ3) is 4.91. The summed E-state index contributed by atoms with van der Waals surface area (Å²) in [7, 11) is 0. The summed E-state index contributed by atoms with van der Waals surface area (Å²) in [6.45, 7) is 5.48. The van der Waals surface area contributed by atoms with Gasteiger partial charge in [0.2, 0.25) is 0 Å². The molecule has 4 rings (SSSR count). The number of nitrogens with one attached hydrogen (secondary N) is 2. The van der Waals surface area contributed by atoms with Crippen molar-refractivity contribution < 1.29 is 9.53 Å². The van der Waals surface area contributed by atoms with E-state index in [4.69, 9.17) is 9.72 Å². The van der Waals surface area contributed by atoms with Crippen LogP contribution < -0.4 is 15.4 Å². The van der Waals surface area contributed by atoms with E-state index in [2.05, 4.69) is 40.3 Å². The highest BCUT2D eigenvalue weighted by Crippen LogP contribution is 2.24. The van der Waals surface area contributed by atoms with Gasteiger partial charge in [0.15, 0.2) is 0 Å². The number of rotatable bonds is 8. The minimum atomic E-state index is -0.304. The van der Waals surface area contributed by atoms with Crippen LogP contribution in [-0.2, 0) is 19.4 Å². The van der Waals surface area contributed by atoms with Gasteiger partial charge in [-0.15, -0.1) is 0 Å². The first-order valence-corrected chi connectivity index (χ1v) is 11.0. The van der Waals surface area contributed by atoms with Gasteiger partial charge in [-0.05, 0) is 62.2 Å². The summed E-state index contributed by atoms with van der Waals surface area (Å²) in [5.41, 5.74) is 4.74. The second-order valence-electron chi connectivity index (χ2n) is 7.47. The maximum Gasteiger partial charge on any atom is 0.323 e. The Morgan fingerprint density at radius 1 is 0.938 bits per heavy atom. The molecule has 32 heavy (non-hydrogen) atoms. The monoisotopic (exact) mass is 428 g/mol. The Hall–Kier alpha value is -3.80. The summed E-state index contributed by atoms with van der Waals surface area (Å²) in [6.07, 6.45) is 1.67. The predicted octanol–water partition coefficient (Wildman–Crippen LogP) is 5.88. The second kappa shape index (κ2) is 10.0. The minimum Gasteiger partial charge on any atom is -0.492 e. The van der Waals surface area contributed by atoms with Crippen LogP contribution in [0.25, 0.3) is 11.0 Å². The van der Waals surface area contributed by atoms with Crippen LogP contribution in [0.4, 0.5) is 16.2 Å². The Balaban J connectivity index is 1.41. The average molecular weight is 429 g/mol. The van der Waals surface area contributed by atoms with Crippen LogP contribution in [0.5, 0.6) is 5.75 Å². The number of carbonyl (C=O) groups is 1. The zero-order chi connectivity index (χ0) is 22.3. The molecule has 6 nitrogen and oxygen atoms in total. The Morgan fingerprint density at radius 3 is 2.59 bits per heavy atom. The summed E-state index contributed by atoms with van der Waals surface area (Å²) < 4.78 is 7.84. The molecule has 3 aromatic carbocycles. The first-order chi connectivity index (χ1) is 15.7. The van der Waals surface area contributed by atoms with Gasteiger partial charge in [0.05, 0.1) is 23.3 Å². The van der Waals surface area contributed by atoms with Crippen molar-refractivity contribution in [1.29, 1.82) is 0 Å². The molecule has 0 atom stereocenters. The maximum atomic E-state index is 12.5. The molecule has 0 aliphatic heterocycles. The van der Waals surface area contributed by atoms with Crippen molar-refractivity contribution in [2.24, 2.45) is 0 Å². The molecule has 2 N–H and O–H groups in total. The van der Waals surface area contributed by atoms with Gasteiger partial charge in [-0.25, -0.2) is 9.78 Å². The maximum absolute atomic E-state index is 12.5. The van der Waals surface area contributed by atoms with Crippen LogP contribution >= 0.6 is 0 Å². The number of urea groups is 1. The molecular weight excluding hydrogens is 400 g/mol. The molecule has 0 saturated heterocycles. The highest BCUT2D eigenvalue weighted by Gasteiger charge is 2.10. The van der Waals surface area contributed by atoms with Crippen molar-refractivity contribution in [3.05, 3.63) is 84.2 Å². The molecule has 0 unspecified atom stereocenters. The lowest BCUT2D eigenvalue weighted by Crippen LogP contribution is -2.20. The fourth-order valence-electron chi connectivity index (χ4n) is 3.87. The quantitative estimate of drug-likeness (QED) is 0.368. The van der Waals surface area contributed by atoms with Crippen molar-refractivity contribution in [2.45, 2.75) is 33.2 Å². The van der Waals surface area contributed by atoms with Gasteiger partial charge in [-0.3, -0.25) is 0 Å². The smallest absolute Gasteiger partial charge is 0.323 e. The van der Waals surface area contributed by atoms with E-state index in [-0.39, 0.29) is 6.03 Å². The number of fused-ring (bicyclic) bond motifs is 1. The van der Waals surface area contributed by atoms with Gasteiger partial charge >= 0.3 is 6.03 Å². The molecule has 1 heterocycles. The number of ether oxygens (including phenoxy) is 1. The van der Waals surface area contributed by atoms with Crippen molar-refractivity contribution in [1.82, 2.24) is 9.55 Å². The van der Waals surface area contributed by atoms with E-state index in [1.807, 2.05) is 61.5 Å². The zero-order valence-corrected chi connectivity index (χ0v) is 18.5. The summed E-state index contributed by atoms with van der Waals surface area (Å²) >= 11 is 0. The lowest BCUT2D eigenvalue weighted by molar-refractivity contribution is 0.262. The van der Waals surface area contributed by atoms with Crippen LogP contribution in [0.1, 0.15) is 25.2 Å². The van der Waals surface area contributed by atoms with Crippen molar-refractivity contribution in [3.63, 3.8) is 0 Å². The number of amides is 2. The number of benzene rings is 3. The van der Waals surface area contributed by atoms with E-state index in [1.165, 1.54) is 5.52 Å². The van der Waals surface area contributed by atoms with E-state index in [9.17, 15) is 4.79 Å². The molecule has 0 saturated carbocycles. The number of carbonyl (C=O) groups excluding carboxylic acids is 1. The Bertz CT molecular complexity index is 1220. The van der Waals surface area contributed by atoms with Gasteiger partial charge in [0.1, 0.15) is 11.6 Å². The minimum absolute atomic E-state index is 0.304. The molecule has 2 amide bonds. The Labute approximate surface area is 188 Å². The van der Waals surface area contributed by atoms with Crippen LogP contribution in [0.3, 0.4) is 0 Å². The normalized spacial score (nSPS) is 10.8. The van der Waals surface area contributed by atoms with Crippen molar-refractivity contribution in [3.8, 4) is 5.75 Å². The van der Waals surface area contributed by atoms with E-state index >= 15 is 0 Å².